The molecule has 0 fully saturated rings. The van der Waals surface area contributed by atoms with E-state index in [1.807, 2.05) is 84.9 Å². The van der Waals surface area contributed by atoms with Crippen LogP contribution in [0, 0.1) is 0 Å². The predicted molar refractivity (Wildman–Crippen MR) is 185 cm³/mol. The third-order valence-electron chi connectivity index (χ3n) is 8.41. The zero-order chi connectivity index (χ0) is 30.5. The van der Waals surface area contributed by atoms with Crippen LogP contribution < -0.4 is 0 Å². The molecule has 9 aromatic rings. The summed E-state index contributed by atoms with van der Waals surface area (Å²) in [7, 11) is 0. The van der Waals surface area contributed by atoms with E-state index in [9.17, 15) is 0 Å². The van der Waals surface area contributed by atoms with E-state index in [2.05, 4.69) is 81.9 Å². The van der Waals surface area contributed by atoms with Crippen molar-refractivity contribution in [3.05, 3.63) is 158 Å². The Morgan fingerprint density at radius 2 is 0.935 bits per heavy atom. The number of benzene rings is 5. The lowest BCUT2D eigenvalue weighted by Gasteiger charge is -2.14. The number of hydrogen-bond donors (Lipinski definition) is 0. The van der Waals surface area contributed by atoms with Crippen LogP contribution in [0.15, 0.2) is 158 Å². The molecule has 0 aliphatic rings. The minimum atomic E-state index is 0.543. The highest BCUT2D eigenvalue weighted by molar-refractivity contribution is 6.17. The topological polar surface area (TPSA) is 60.9 Å². The minimum absolute atomic E-state index is 0.543. The van der Waals surface area contributed by atoms with Gasteiger partial charge >= 0.3 is 0 Å². The van der Waals surface area contributed by atoms with Gasteiger partial charge in [0.15, 0.2) is 11.6 Å². The maximum absolute atomic E-state index is 5.20. The minimum Gasteiger partial charge on any atom is -0.300 e. The molecule has 9 rings (SSSR count). The molecule has 0 aliphatic carbocycles. The van der Waals surface area contributed by atoms with Gasteiger partial charge in [0, 0.05) is 28.3 Å². The number of aromatic nitrogens is 6. The number of fused-ring (bicyclic) bond motifs is 5. The molecule has 0 atom stereocenters. The van der Waals surface area contributed by atoms with Gasteiger partial charge < -0.3 is 0 Å². The van der Waals surface area contributed by atoms with Crippen LogP contribution >= 0.6 is 0 Å². The van der Waals surface area contributed by atoms with Crippen molar-refractivity contribution < 1.29 is 0 Å². The maximum atomic E-state index is 5.20. The van der Waals surface area contributed by atoms with E-state index in [4.69, 9.17) is 19.9 Å². The highest BCUT2D eigenvalue weighted by atomic mass is 15.2. The molecule has 0 spiro atoms. The summed E-state index contributed by atoms with van der Waals surface area (Å²) in [5, 5.41) is 1.05. The van der Waals surface area contributed by atoms with Crippen molar-refractivity contribution in [2.75, 3.05) is 0 Å². The Morgan fingerprint density at radius 1 is 0.413 bits per heavy atom. The predicted octanol–water partition coefficient (Wildman–Crippen LogP) is 9.28. The van der Waals surface area contributed by atoms with Gasteiger partial charge in [0.25, 0.3) is 0 Å². The van der Waals surface area contributed by atoms with E-state index in [-0.39, 0.29) is 0 Å². The van der Waals surface area contributed by atoms with Crippen molar-refractivity contribution in [1.82, 2.24) is 28.9 Å². The van der Waals surface area contributed by atoms with Gasteiger partial charge in [0.2, 0.25) is 5.95 Å². The Bertz CT molecular complexity index is 2440. The molecule has 4 aromatic heterocycles. The molecule has 0 bridgehead atoms. The molecule has 0 unspecified atom stereocenters. The zero-order valence-electron chi connectivity index (χ0n) is 24.7. The summed E-state index contributed by atoms with van der Waals surface area (Å²) in [5.41, 5.74) is 9.91. The van der Waals surface area contributed by atoms with Crippen LogP contribution in [-0.2, 0) is 0 Å². The Morgan fingerprint density at radius 3 is 1.54 bits per heavy atom. The van der Waals surface area contributed by atoms with Crippen LogP contribution in [0.1, 0.15) is 0 Å². The van der Waals surface area contributed by atoms with Crippen LogP contribution in [0.3, 0.4) is 0 Å². The fourth-order valence-electron chi connectivity index (χ4n) is 6.36. The van der Waals surface area contributed by atoms with Gasteiger partial charge in [-0.05, 0) is 35.4 Å². The third kappa shape index (κ3) is 4.19. The highest BCUT2D eigenvalue weighted by Crippen LogP contribution is 2.45. The molecule has 0 saturated heterocycles. The number of imidazole rings is 1. The number of nitrogens with zero attached hydrogens (tertiary/aromatic N) is 6. The lowest BCUT2D eigenvalue weighted by molar-refractivity contribution is 0.938. The molecule has 6 heteroatoms. The van der Waals surface area contributed by atoms with E-state index in [1.165, 1.54) is 0 Å². The summed E-state index contributed by atoms with van der Waals surface area (Å²) in [6.45, 7) is 0. The van der Waals surface area contributed by atoms with Gasteiger partial charge in [-0.1, -0.05) is 127 Å². The Kier molecular flexibility index (Phi) is 6.03. The highest BCUT2D eigenvalue weighted by Gasteiger charge is 2.26. The smallest absolute Gasteiger partial charge is 0.238 e. The average molecular weight is 591 g/mol. The van der Waals surface area contributed by atoms with Crippen molar-refractivity contribution in [2.24, 2.45) is 0 Å². The quantitative estimate of drug-likeness (QED) is 0.200. The maximum Gasteiger partial charge on any atom is 0.238 e. The van der Waals surface area contributed by atoms with E-state index in [1.54, 1.807) is 0 Å². The van der Waals surface area contributed by atoms with Gasteiger partial charge in [-0.3, -0.25) is 8.97 Å². The molecule has 46 heavy (non-hydrogen) atoms. The van der Waals surface area contributed by atoms with Crippen molar-refractivity contribution in [3.63, 3.8) is 0 Å². The van der Waals surface area contributed by atoms with Crippen LogP contribution in [0.25, 0.3) is 78.7 Å². The van der Waals surface area contributed by atoms with E-state index in [0.717, 1.165) is 61.1 Å². The summed E-state index contributed by atoms with van der Waals surface area (Å²) in [6, 6.07) is 51.7. The van der Waals surface area contributed by atoms with E-state index >= 15 is 0 Å². The third-order valence-corrected chi connectivity index (χ3v) is 8.41. The standard InChI is InChI=1S/C40H26N6/c1-5-15-27(16-6-1)34-35-31(24-25-32-36(35)41-33-23-13-14-26-45(32)33)46(37(34)28-17-7-2-8-18-28)40-43-38(29-19-9-3-10-20-29)42-39(44-40)30-21-11-4-12-22-30/h1-26H. The number of pyridine rings is 1. The number of rotatable bonds is 5. The lowest BCUT2D eigenvalue weighted by Crippen LogP contribution is -2.07. The molecule has 216 valence electrons. The average Bonchev–Trinajstić information content (AvgIpc) is 3.69. The first-order valence-electron chi connectivity index (χ1n) is 15.3. The lowest BCUT2D eigenvalue weighted by atomic mass is 9.98. The summed E-state index contributed by atoms with van der Waals surface area (Å²) in [4.78, 5) is 20.5. The normalized spacial score (nSPS) is 11.5. The van der Waals surface area contributed by atoms with Gasteiger partial charge in [-0.25, -0.2) is 9.97 Å². The second kappa shape index (κ2) is 10.6. The summed E-state index contributed by atoms with van der Waals surface area (Å²) in [5.74, 6) is 1.77. The molecule has 0 N–H and O–H groups in total. The zero-order valence-corrected chi connectivity index (χ0v) is 24.7. The largest absolute Gasteiger partial charge is 0.300 e. The van der Waals surface area contributed by atoms with Crippen LogP contribution in [0.4, 0.5) is 0 Å². The first-order valence-corrected chi connectivity index (χ1v) is 15.3. The SMILES string of the molecule is c1ccc(-c2nc(-c3ccccc3)nc(-n3c(-c4ccccc4)c(-c4ccccc4)c4c5nc6ccccn6c5ccc43)n2)cc1. The first kappa shape index (κ1) is 26.0. The van der Waals surface area contributed by atoms with Crippen LogP contribution in [-0.4, -0.2) is 28.9 Å². The van der Waals surface area contributed by atoms with Gasteiger partial charge in [-0.2, -0.15) is 9.97 Å². The Hall–Kier alpha value is -6.40. The molecule has 4 heterocycles. The second-order valence-corrected chi connectivity index (χ2v) is 11.2. The van der Waals surface area contributed by atoms with Crippen molar-refractivity contribution >= 4 is 27.6 Å². The first-order chi connectivity index (χ1) is 22.8. The summed E-state index contributed by atoms with van der Waals surface area (Å²) < 4.78 is 4.34. The van der Waals surface area contributed by atoms with Gasteiger partial charge in [0.1, 0.15) is 5.65 Å². The van der Waals surface area contributed by atoms with Gasteiger partial charge in [-0.15, -0.1) is 0 Å². The molecule has 0 saturated carbocycles. The second-order valence-electron chi connectivity index (χ2n) is 11.2. The fourth-order valence-corrected chi connectivity index (χ4v) is 6.36. The van der Waals surface area contributed by atoms with E-state index in [0.29, 0.717) is 17.6 Å². The molecule has 0 radical (unpaired) electrons. The molecule has 5 aromatic carbocycles. The molecule has 6 nitrogen and oxygen atoms in total. The van der Waals surface area contributed by atoms with Crippen molar-refractivity contribution in [1.29, 1.82) is 0 Å². The Labute approximate surface area is 264 Å². The monoisotopic (exact) mass is 590 g/mol. The van der Waals surface area contributed by atoms with E-state index < -0.39 is 0 Å². The molecule has 0 aliphatic heterocycles. The molecular weight excluding hydrogens is 564 g/mol. The fraction of sp³-hybridized carbons (Fsp3) is 0. The molecule has 0 amide bonds. The van der Waals surface area contributed by atoms with Crippen LogP contribution in [0.2, 0.25) is 0 Å². The van der Waals surface area contributed by atoms with Crippen molar-refractivity contribution in [3.8, 4) is 51.1 Å². The summed E-state index contributed by atoms with van der Waals surface area (Å²) in [6.07, 6.45) is 2.07. The van der Waals surface area contributed by atoms with Crippen molar-refractivity contribution in [2.45, 2.75) is 0 Å². The Balaban J connectivity index is 1.47. The van der Waals surface area contributed by atoms with Crippen LogP contribution in [0.5, 0.6) is 0 Å². The summed E-state index contributed by atoms with van der Waals surface area (Å²) >= 11 is 0. The molecular formula is C40H26N6. The van der Waals surface area contributed by atoms with Gasteiger partial charge in [0.05, 0.1) is 22.2 Å². The number of hydrogen-bond acceptors (Lipinski definition) is 4.